The summed E-state index contributed by atoms with van der Waals surface area (Å²) in [5.41, 5.74) is 0.363. The van der Waals surface area contributed by atoms with E-state index < -0.39 is 11.9 Å². The number of amides is 2. The predicted octanol–water partition coefficient (Wildman–Crippen LogP) is -0.0996. The molecule has 9 nitrogen and oxygen atoms in total. The van der Waals surface area contributed by atoms with Gasteiger partial charge in [-0.3, -0.25) is 9.59 Å². The lowest BCUT2D eigenvalue weighted by atomic mass is 10.1. The summed E-state index contributed by atoms with van der Waals surface area (Å²) in [7, 11) is 2.34. The van der Waals surface area contributed by atoms with E-state index in [4.69, 9.17) is 0 Å². The molecule has 2 N–H and O–H groups in total. The summed E-state index contributed by atoms with van der Waals surface area (Å²) in [6.45, 7) is 0.700. The first-order valence-electron chi connectivity index (χ1n) is 7.76. The summed E-state index contributed by atoms with van der Waals surface area (Å²) >= 11 is 0. The highest BCUT2D eigenvalue weighted by Crippen LogP contribution is 2.20. The molecule has 1 saturated heterocycles. The summed E-state index contributed by atoms with van der Waals surface area (Å²) in [5.74, 6) is -2.16. The summed E-state index contributed by atoms with van der Waals surface area (Å²) in [6.07, 6.45) is 0.932. The van der Waals surface area contributed by atoms with Gasteiger partial charge in [0.05, 0.1) is 38.1 Å². The van der Waals surface area contributed by atoms with Crippen molar-refractivity contribution in [2.24, 2.45) is 0 Å². The van der Waals surface area contributed by atoms with Gasteiger partial charge in [0.25, 0.3) is 5.91 Å². The Morgan fingerprint density at radius 3 is 2.58 bits per heavy atom. The standard InChI is InChI=1S/C17H19N3O6/c1-25-15(22)9-13(17(24)26-2)19-12-6-4-3-5-11(12)16(23)20-8-7-18-14(21)10-20/h3-6,9,19H,7-8,10H2,1-2H3,(H,18,21)/b13-9+. The second-order valence-electron chi connectivity index (χ2n) is 5.32. The Hall–Kier alpha value is -3.36. The van der Waals surface area contributed by atoms with Crippen molar-refractivity contribution in [3.63, 3.8) is 0 Å². The number of carbonyl (C=O) groups excluding carboxylic acids is 4. The normalized spacial score (nSPS) is 14.3. The number of ether oxygens (including phenoxy) is 2. The molecular weight excluding hydrogens is 342 g/mol. The van der Waals surface area contributed by atoms with Crippen LogP contribution in [0.2, 0.25) is 0 Å². The van der Waals surface area contributed by atoms with Gasteiger partial charge in [0.15, 0.2) is 0 Å². The van der Waals surface area contributed by atoms with Gasteiger partial charge in [0.2, 0.25) is 5.91 Å². The van der Waals surface area contributed by atoms with E-state index in [-0.39, 0.29) is 29.6 Å². The number of piperazine rings is 1. The Kier molecular flexibility index (Phi) is 6.31. The molecule has 26 heavy (non-hydrogen) atoms. The van der Waals surface area contributed by atoms with Crippen LogP contribution in [0.1, 0.15) is 10.4 Å². The highest BCUT2D eigenvalue weighted by atomic mass is 16.5. The van der Waals surface area contributed by atoms with E-state index in [9.17, 15) is 19.2 Å². The van der Waals surface area contributed by atoms with E-state index in [2.05, 4.69) is 20.1 Å². The van der Waals surface area contributed by atoms with E-state index in [1.165, 1.54) is 19.1 Å². The fourth-order valence-corrected chi connectivity index (χ4v) is 2.34. The number of rotatable bonds is 5. The largest absolute Gasteiger partial charge is 0.466 e. The minimum absolute atomic E-state index is 0.0466. The Morgan fingerprint density at radius 2 is 1.92 bits per heavy atom. The highest BCUT2D eigenvalue weighted by Gasteiger charge is 2.25. The van der Waals surface area contributed by atoms with Gasteiger partial charge in [0.1, 0.15) is 5.70 Å². The molecule has 9 heteroatoms. The number of nitrogens with zero attached hydrogens (tertiary/aromatic N) is 1. The lowest BCUT2D eigenvalue weighted by Crippen LogP contribution is -2.50. The Morgan fingerprint density at radius 1 is 1.19 bits per heavy atom. The van der Waals surface area contributed by atoms with Crippen molar-refractivity contribution in [2.75, 3.05) is 39.2 Å². The molecule has 0 atom stereocenters. The van der Waals surface area contributed by atoms with Gasteiger partial charge in [0, 0.05) is 13.1 Å². The predicted molar refractivity (Wildman–Crippen MR) is 91.1 cm³/mol. The molecule has 0 aromatic heterocycles. The number of benzene rings is 1. The molecule has 1 aliphatic rings. The zero-order chi connectivity index (χ0) is 19.1. The fourth-order valence-electron chi connectivity index (χ4n) is 2.34. The molecule has 0 bridgehead atoms. The van der Waals surface area contributed by atoms with E-state index in [1.54, 1.807) is 24.3 Å². The molecule has 0 radical (unpaired) electrons. The van der Waals surface area contributed by atoms with Gasteiger partial charge in [-0.2, -0.15) is 0 Å². The molecule has 2 amide bonds. The number of anilines is 1. The third kappa shape index (κ3) is 4.59. The molecule has 1 heterocycles. The van der Waals surface area contributed by atoms with Crippen molar-refractivity contribution in [2.45, 2.75) is 0 Å². The molecular formula is C17H19N3O6. The minimum Gasteiger partial charge on any atom is -0.466 e. The van der Waals surface area contributed by atoms with Crippen LogP contribution in [0.4, 0.5) is 5.69 Å². The Labute approximate surface area is 149 Å². The fraction of sp³-hybridized carbons (Fsp3) is 0.294. The van der Waals surface area contributed by atoms with Gasteiger partial charge in [-0.15, -0.1) is 0 Å². The van der Waals surface area contributed by atoms with Crippen LogP contribution in [0.5, 0.6) is 0 Å². The van der Waals surface area contributed by atoms with E-state index in [1.807, 2.05) is 0 Å². The molecule has 2 rings (SSSR count). The lowest BCUT2D eigenvalue weighted by Gasteiger charge is -2.27. The maximum atomic E-state index is 12.7. The van der Waals surface area contributed by atoms with Crippen molar-refractivity contribution < 1.29 is 28.7 Å². The van der Waals surface area contributed by atoms with Gasteiger partial charge >= 0.3 is 11.9 Å². The number of methoxy groups -OCH3 is 2. The van der Waals surface area contributed by atoms with E-state index in [0.29, 0.717) is 18.8 Å². The van der Waals surface area contributed by atoms with Crippen molar-refractivity contribution in [1.82, 2.24) is 10.2 Å². The first-order valence-corrected chi connectivity index (χ1v) is 7.76. The van der Waals surface area contributed by atoms with Crippen LogP contribution in [-0.4, -0.2) is 62.5 Å². The summed E-state index contributed by atoms with van der Waals surface area (Å²) in [4.78, 5) is 49.0. The molecule has 1 aromatic rings. The molecule has 1 fully saturated rings. The van der Waals surface area contributed by atoms with Crippen molar-refractivity contribution >= 4 is 29.4 Å². The lowest BCUT2D eigenvalue weighted by molar-refractivity contribution is -0.138. The van der Waals surface area contributed by atoms with E-state index >= 15 is 0 Å². The van der Waals surface area contributed by atoms with Gasteiger partial charge < -0.3 is 25.0 Å². The van der Waals surface area contributed by atoms with Crippen LogP contribution in [0.15, 0.2) is 36.0 Å². The van der Waals surface area contributed by atoms with Gasteiger partial charge in [-0.05, 0) is 12.1 Å². The summed E-state index contributed by atoms with van der Waals surface area (Å²) < 4.78 is 9.15. The zero-order valence-electron chi connectivity index (χ0n) is 14.4. The second kappa shape index (κ2) is 8.65. The van der Waals surface area contributed by atoms with Crippen LogP contribution >= 0.6 is 0 Å². The van der Waals surface area contributed by atoms with Gasteiger partial charge in [-0.1, -0.05) is 12.1 Å². The molecule has 1 aliphatic heterocycles. The quantitative estimate of drug-likeness (QED) is 0.556. The maximum absolute atomic E-state index is 12.7. The topological polar surface area (TPSA) is 114 Å². The average Bonchev–Trinajstić information content (AvgIpc) is 2.66. The van der Waals surface area contributed by atoms with Crippen LogP contribution in [0.25, 0.3) is 0 Å². The van der Waals surface area contributed by atoms with Crippen LogP contribution in [-0.2, 0) is 23.9 Å². The van der Waals surface area contributed by atoms with E-state index in [0.717, 1.165) is 6.08 Å². The zero-order valence-corrected chi connectivity index (χ0v) is 14.4. The van der Waals surface area contributed by atoms with Gasteiger partial charge in [-0.25, -0.2) is 9.59 Å². The molecule has 0 unspecified atom stereocenters. The van der Waals surface area contributed by atoms with Crippen LogP contribution < -0.4 is 10.6 Å². The molecule has 1 aromatic carbocycles. The SMILES string of the molecule is COC(=O)/C=C(/Nc1ccccc1C(=O)N1CCNC(=O)C1)C(=O)OC. The highest BCUT2D eigenvalue weighted by molar-refractivity contribution is 6.04. The second-order valence-corrected chi connectivity index (χ2v) is 5.32. The number of para-hydroxylation sites is 1. The monoisotopic (exact) mass is 361 g/mol. The minimum atomic E-state index is -0.796. The number of esters is 2. The molecule has 138 valence electrons. The number of nitrogens with one attached hydrogen (secondary N) is 2. The molecule has 0 aliphatic carbocycles. The summed E-state index contributed by atoms with van der Waals surface area (Å²) in [5, 5.41) is 5.38. The van der Waals surface area contributed by atoms with Crippen LogP contribution in [0, 0.1) is 0 Å². The average molecular weight is 361 g/mol. The van der Waals surface area contributed by atoms with Crippen molar-refractivity contribution in [3.8, 4) is 0 Å². The number of hydrogen-bond donors (Lipinski definition) is 2. The molecule has 0 saturated carbocycles. The third-order valence-corrected chi connectivity index (χ3v) is 3.62. The third-order valence-electron chi connectivity index (χ3n) is 3.62. The molecule has 0 spiro atoms. The van der Waals surface area contributed by atoms with Crippen LogP contribution in [0.3, 0.4) is 0 Å². The number of hydrogen-bond acceptors (Lipinski definition) is 7. The first kappa shape index (κ1) is 19.0. The first-order chi connectivity index (χ1) is 12.5. The smallest absolute Gasteiger partial charge is 0.354 e. The summed E-state index contributed by atoms with van der Waals surface area (Å²) in [6, 6.07) is 6.45. The van der Waals surface area contributed by atoms with Crippen molar-refractivity contribution in [1.29, 1.82) is 0 Å². The van der Waals surface area contributed by atoms with Crippen molar-refractivity contribution in [3.05, 3.63) is 41.6 Å². The Balaban J connectivity index is 2.31. The number of carbonyl (C=O) groups is 4. The maximum Gasteiger partial charge on any atom is 0.354 e. The Bertz CT molecular complexity index is 759.